The molecule has 60 heavy (non-hydrogen) atoms. The van der Waals surface area contributed by atoms with Crippen LogP contribution in [0, 0.1) is 12.3 Å². The molecule has 0 spiro atoms. The molecule has 314 valence electrons. The Kier molecular flexibility index (Phi) is 12.9. The van der Waals surface area contributed by atoms with E-state index in [0.717, 1.165) is 51.4 Å². The largest absolute Gasteiger partial charge is 0.507 e. The van der Waals surface area contributed by atoms with Gasteiger partial charge in [-0.1, -0.05) is 69.3 Å². The Bertz CT molecular complexity index is 2290. The molecule has 4 heterocycles. The van der Waals surface area contributed by atoms with E-state index in [1.54, 1.807) is 35.7 Å². The molecule has 0 bridgehead atoms. The van der Waals surface area contributed by atoms with E-state index in [1.165, 1.54) is 4.90 Å². The van der Waals surface area contributed by atoms with Crippen LogP contribution in [0.5, 0.6) is 11.5 Å². The van der Waals surface area contributed by atoms with Gasteiger partial charge in [-0.3, -0.25) is 19.3 Å². The van der Waals surface area contributed by atoms with Gasteiger partial charge in [-0.2, -0.15) is 10.2 Å². The van der Waals surface area contributed by atoms with E-state index >= 15 is 0 Å². The highest BCUT2D eigenvalue weighted by atomic mass is 32.1. The first kappa shape index (κ1) is 42.4. The first-order chi connectivity index (χ1) is 28.7. The molecule has 0 radical (unpaired) electrons. The van der Waals surface area contributed by atoms with E-state index in [1.807, 2.05) is 101 Å². The number of β-amino-alcohol motifs (C(OH)–C–C–N with tert-alkyl or cyclic N) is 1. The van der Waals surface area contributed by atoms with Crippen molar-refractivity contribution >= 4 is 29.1 Å². The van der Waals surface area contributed by atoms with Gasteiger partial charge in [0.25, 0.3) is 0 Å². The third-order valence-electron chi connectivity index (χ3n) is 11.3. The van der Waals surface area contributed by atoms with Gasteiger partial charge in [-0.25, -0.2) is 4.98 Å². The van der Waals surface area contributed by atoms with Crippen molar-refractivity contribution in [2.24, 2.45) is 5.41 Å². The van der Waals surface area contributed by atoms with Crippen LogP contribution in [-0.2, 0) is 14.4 Å². The number of aromatic nitrogens is 3. The van der Waals surface area contributed by atoms with E-state index < -0.39 is 29.5 Å². The molecule has 0 saturated carbocycles. The number of phenols is 1. The molecule has 0 aliphatic carbocycles. The summed E-state index contributed by atoms with van der Waals surface area (Å²) >= 11 is 1.58. The summed E-state index contributed by atoms with van der Waals surface area (Å²) in [5, 5.41) is 35.3. The number of hydrogen-bond donors (Lipinski definition) is 4. The summed E-state index contributed by atoms with van der Waals surface area (Å²) < 4.78 is 6.32. The van der Waals surface area contributed by atoms with Crippen LogP contribution in [0.25, 0.3) is 32.8 Å². The predicted octanol–water partition coefficient (Wildman–Crippen LogP) is 6.16. The summed E-state index contributed by atoms with van der Waals surface area (Å²) in [5.41, 5.74) is 7.10. The maximum atomic E-state index is 14.2. The Morgan fingerprint density at radius 2 is 1.65 bits per heavy atom. The number of ether oxygens (including phenoxy) is 1. The minimum atomic E-state index is -0.908. The van der Waals surface area contributed by atoms with Gasteiger partial charge in [-0.05, 0) is 79.1 Å². The summed E-state index contributed by atoms with van der Waals surface area (Å²) in [6.07, 6.45) is 2.38. The number of amides is 3. The lowest BCUT2D eigenvalue weighted by atomic mass is 9.85. The molecule has 14 heteroatoms. The highest BCUT2D eigenvalue weighted by molar-refractivity contribution is 7.13. The van der Waals surface area contributed by atoms with E-state index in [4.69, 9.17) is 4.74 Å². The molecule has 2 saturated heterocycles. The van der Waals surface area contributed by atoms with Crippen molar-refractivity contribution in [2.75, 3.05) is 26.2 Å². The number of benzene rings is 3. The van der Waals surface area contributed by atoms with Crippen LogP contribution < -0.4 is 15.4 Å². The van der Waals surface area contributed by atoms with Gasteiger partial charge in [0, 0.05) is 37.2 Å². The van der Waals surface area contributed by atoms with Gasteiger partial charge in [0.05, 0.1) is 46.7 Å². The highest BCUT2D eigenvalue weighted by Gasteiger charge is 2.45. The van der Waals surface area contributed by atoms with Crippen molar-refractivity contribution in [3.8, 4) is 44.3 Å². The zero-order valence-corrected chi connectivity index (χ0v) is 35.5. The standard InChI is InChI=1S/C46H53N7O6S/c1-28(30-10-12-32(13-11-30)42-29(2)47-27-60-42)49-44(57)39-23-34(54)25-53(39)45(58)43(46(3,4)5)50-41(56)26-52-20-18-36(19-21-52)59-35-16-14-31(15-17-35)33-22-38(51-48-24-33)37-8-6-7-9-40(37)55/h6-17,22,24,27-28,34,36,39,43,54-55H,18-21,23,25-26H2,1-5H3,(H,49,57)(H,50,56)/t28-,34+,39-,43+/m0/s1. The minimum Gasteiger partial charge on any atom is -0.507 e. The van der Waals surface area contributed by atoms with E-state index in [-0.39, 0.29) is 49.2 Å². The van der Waals surface area contributed by atoms with Crippen LogP contribution in [0.15, 0.2) is 90.6 Å². The number of nitrogens with one attached hydrogen (secondary N) is 2. The Labute approximate surface area is 354 Å². The molecular formula is C46H53N7O6S. The normalized spacial score (nSPS) is 18.5. The number of nitrogens with zero attached hydrogens (tertiary/aromatic N) is 5. The number of aliphatic hydroxyl groups is 1. The lowest BCUT2D eigenvalue weighted by molar-refractivity contribution is -0.144. The third-order valence-corrected chi connectivity index (χ3v) is 12.3. The molecule has 2 fully saturated rings. The average molecular weight is 832 g/mol. The Morgan fingerprint density at radius 1 is 0.950 bits per heavy atom. The van der Waals surface area contributed by atoms with Crippen molar-refractivity contribution in [1.82, 2.24) is 35.6 Å². The number of phenolic OH excluding ortho intramolecular Hbond substituents is 1. The molecule has 4 N–H and O–H groups in total. The SMILES string of the molecule is Cc1ncsc1-c1ccc([C@H](C)NC(=O)[C@@H]2C[C@@H](O)CN2C(=O)[C@@H](NC(=O)CN2CCC(Oc3ccc(-c4cnnc(-c5ccccc5O)c4)cc3)CC2)C(C)(C)C)cc1. The Morgan fingerprint density at radius 3 is 2.32 bits per heavy atom. The third kappa shape index (κ3) is 10.0. The van der Waals surface area contributed by atoms with Gasteiger partial charge in [0.2, 0.25) is 17.7 Å². The van der Waals surface area contributed by atoms with Gasteiger partial charge >= 0.3 is 0 Å². The lowest BCUT2D eigenvalue weighted by Crippen LogP contribution is -2.59. The first-order valence-corrected chi connectivity index (χ1v) is 21.3. The topological polar surface area (TPSA) is 170 Å². The summed E-state index contributed by atoms with van der Waals surface area (Å²) in [7, 11) is 0. The van der Waals surface area contributed by atoms with Crippen molar-refractivity contribution < 1.29 is 29.3 Å². The summed E-state index contributed by atoms with van der Waals surface area (Å²) in [4.78, 5) is 50.3. The van der Waals surface area contributed by atoms with E-state index in [2.05, 4.69) is 30.7 Å². The molecule has 3 aromatic carbocycles. The molecule has 3 amide bonds. The van der Waals surface area contributed by atoms with Gasteiger partial charge in [0.15, 0.2) is 0 Å². The fraction of sp³-hybridized carbons (Fsp3) is 0.391. The summed E-state index contributed by atoms with van der Waals surface area (Å²) in [6, 6.07) is 22.6. The molecule has 2 aliphatic rings. The zero-order chi connectivity index (χ0) is 42.6. The smallest absolute Gasteiger partial charge is 0.246 e. The highest BCUT2D eigenvalue weighted by Crippen LogP contribution is 2.32. The molecular weight excluding hydrogens is 779 g/mol. The number of carbonyl (C=O) groups excluding carboxylic acids is 3. The molecule has 2 aliphatic heterocycles. The van der Waals surface area contributed by atoms with Gasteiger partial charge in [-0.15, -0.1) is 11.3 Å². The second kappa shape index (κ2) is 18.3. The lowest BCUT2D eigenvalue weighted by Gasteiger charge is -2.36. The number of aromatic hydroxyl groups is 1. The minimum absolute atomic E-state index is 0.00834. The summed E-state index contributed by atoms with van der Waals surface area (Å²) in [6.45, 7) is 10.9. The molecule has 13 nitrogen and oxygen atoms in total. The van der Waals surface area contributed by atoms with E-state index in [0.29, 0.717) is 24.3 Å². The molecule has 7 rings (SSSR count). The number of piperidine rings is 1. The number of para-hydroxylation sites is 1. The quantitative estimate of drug-likeness (QED) is 0.114. The van der Waals surface area contributed by atoms with Gasteiger partial charge < -0.3 is 30.5 Å². The fourth-order valence-corrected chi connectivity index (χ4v) is 8.69. The Balaban J connectivity index is 0.902. The van der Waals surface area contributed by atoms with Crippen molar-refractivity contribution in [3.05, 3.63) is 102 Å². The van der Waals surface area contributed by atoms with Crippen LogP contribution in [0.4, 0.5) is 0 Å². The Hall–Kier alpha value is -5.70. The van der Waals surface area contributed by atoms with Crippen LogP contribution in [0.3, 0.4) is 0 Å². The molecule has 5 aromatic rings. The number of likely N-dealkylation sites (tertiary alicyclic amines) is 2. The monoisotopic (exact) mass is 831 g/mol. The fourth-order valence-electron chi connectivity index (χ4n) is 7.88. The number of aliphatic hydroxyl groups excluding tert-OH is 1. The van der Waals surface area contributed by atoms with Crippen LogP contribution in [0.2, 0.25) is 0 Å². The first-order valence-electron chi connectivity index (χ1n) is 20.4. The van der Waals surface area contributed by atoms with Crippen molar-refractivity contribution in [3.63, 3.8) is 0 Å². The van der Waals surface area contributed by atoms with E-state index in [9.17, 15) is 24.6 Å². The zero-order valence-electron chi connectivity index (χ0n) is 34.7. The van der Waals surface area contributed by atoms with Gasteiger partial charge in [0.1, 0.15) is 29.7 Å². The number of rotatable bonds is 12. The molecule has 2 aromatic heterocycles. The van der Waals surface area contributed by atoms with Crippen molar-refractivity contribution in [1.29, 1.82) is 0 Å². The van der Waals surface area contributed by atoms with Crippen molar-refractivity contribution in [2.45, 2.75) is 84.2 Å². The molecule has 4 atom stereocenters. The number of hydrogen-bond acceptors (Lipinski definition) is 11. The number of thiazole rings is 1. The average Bonchev–Trinajstić information content (AvgIpc) is 3.85. The molecule has 0 unspecified atom stereocenters. The second-order valence-electron chi connectivity index (χ2n) is 16.8. The summed E-state index contributed by atoms with van der Waals surface area (Å²) in [5.74, 6) is -0.125. The maximum Gasteiger partial charge on any atom is 0.246 e. The number of carbonyl (C=O) groups is 3. The predicted molar refractivity (Wildman–Crippen MR) is 231 cm³/mol. The maximum absolute atomic E-state index is 14.2. The van der Waals surface area contributed by atoms with Crippen LogP contribution >= 0.6 is 11.3 Å². The van der Waals surface area contributed by atoms with Crippen LogP contribution in [0.1, 0.15) is 64.3 Å². The second-order valence-corrected chi connectivity index (χ2v) is 17.7. The number of aryl methyl sites for hydroxylation is 1. The van der Waals surface area contributed by atoms with Crippen LogP contribution in [-0.4, -0.2) is 103 Å².